The zero-order valence-electron chi connectivity index (χ0n) is 19.5. The molecule has 4 rings (SSSR count). The maximum atomic E-state index is 12.9. The molecule has 1 aliphatic heterocycles. The van der Waals surface area contributed by atoms with Crippen molar-refractivity contribution in [3.63, 3.8) is 0 Å². The van der Waals surface area contributed by atoms with Crippen LogP contribution in [0.5, 0.6) is 0 Å². The summed E-state index contributed by atoms with van der Waals surface area (Å²) in [5, 5.41) is 26.5. The highest BCUT2D eigenvalue weighted by molar-refractivity contribution is 5.96. The summed E-state index contributed by atoms with van der Waals surface area (Å²) in [7, 11) is 0. The lowest BCUT2D eigenvalue weighted by Crippen LogP contribution is -2.47. The normalized spacial score (nSPS) is 27.0. The molecule has 0 bridgehead atoms. The summed E-state index contributed by atoms with van der Waals surface area (Å²) in [5.41, 5.74) is -1.47. The number of β-amino-alcohol motifs (C(OH)–C–C–N with tert-alkyl or cyclic N) is 1. The van der Waals surface area contributed by atoms with Crippen molar-refractivity contribution in [3.05, 3.63) is 65.5 Å². The predicted octanol–water partition coefficient (Wildman–Crippen LogP) is 1.82. The fourth-order valence-electron chi connectivity index (χ4n) is 4.95. The Labute approximate surface area is 206 Å². The number of hydrogen-bond acceptors (Lipinski definition) is 6. The number of amides is 2. The van der Waals surface area contributed by atoms with Crippen LogP contribution in [0, 0.1) is 0 Å². The average Bonchev–Trinajstić information content (AvgIpc) is 3.22. The second kappa shape index (κ2) is 10.5. The number of nitrogens with zero attached hydrogens (tertiary/aromatic N) is 2. The van der Waals surface area contributed by atoms with Crippen molar-refractivity contribution in [2.24, 2.45) is 0 Å². The largest absolute Gasteiger partial charge is 0.416 e. The third-order valence-electron chi connectivity index (χ3n) is 6.97. The third-order valence-corrected chi connectivity index (χ3v) is 6.97. The standard InChI is InChI=1S/C25H29F3N4O4/c26-25(27,28)17-5-3-4-16(12-17)23(35)30-13-22(34)31-19-14-32(15-20(19)33)18-7-9-24(36,10-8-18)21-6-1-2-11-29-21/h1-6,11-12,18-20,33,36H,7-10,13-15H2,(H,30,35)(H,31,34)/t18?,19-,20-,24?/m0/s1. The minimum Gasteiger partial charge on any atom is -0.390 e. The Morgan fingerprint density at radius 1 is 1.11 bits per heavy atom. The quantitative estimate of drug-likeness (QED) is 0.475. The lowest BCUT2D eigenvalue weighted by Gasteiger charge is -2.39. The van der Waals surface area contributed by atoms with Gasteiger partial charge in [0.15, 0.2) is 0 Å². The summed E-state index contributed by atoms with van der Waals surface area (Å²) < 4.78 is 38.6. The van der Waals surface area contributed by atoms with Gasteiger partial charge in [0, 0.05) is 30.9 Å². The molecule has 2 atom stereocenters. The Bertz CT molecular complexity index is 1070. The summed E-state index contributed by atoms with van der Waals surface area (Å²) in [6.45, 7) is 0.355. The Hall–Kier alpha value is -3.02. The highest BCUT2D eigenvalue weighted by atomic mass is 19.4. The number of benzene rings is 1. The molecule has 36 heavy (non-hydrogen) atoms. The minimum absolute atomic E-state index is 0.145. The summed E-state index contributed by atoms with van der Waals surface area (Å²) in [5.74, 6) is -1.35. The Balaban J connectivity index is 1.25. The van der Waals surface area contributed by atoms with Gasteiger partial charge in [0.25, 0.3) is 5.91 Å². The van der Waals surface area contributed by atoms with Gasteiger partial charge in [-0.2, -0.15) is 13.2 Å². The summed E-state index contributed by atoms with van der Waals surface area (Å²) >= 11 is 0. The van der Waals surface area contributed by atoms with Gasteiger partial charge >= 0.3 is 6.18 Å². The van der Waals surface area contributed by atoms with Crippen LogP contribution >= 0.6 is 0 Å². The van der Waals surface area contributed by atoms with E-state index in [9.17, 15) is 33.0 Å². The van der Waals surface area contributed by atoms with Gasteiger partial charge in [0.2, 0.25) is 5.91 Å². The van der Waals surface area contributed by atoms with Crippen molar-refractivity contribution < 1.29 is 33.0 Å². The van der Waals surface area contributed by atoms with Crippen LogP contribution in [-0.4, -0.2) is 69.7 Å². The molecule has 0 spiro atoms. The fraction of sp³-hybridized carbons (Fsp3) is 0.480. The van der Waals surface area contributed by atoms with E-state index >= 15 is 0 Å². The third kappa shape index (κ3) is 6.03. The SMILES string of the molecule is O=C(CNC(=O)c1cccc(C(F)(F)F)c1)N[C@H]1CN(C2CCC(O)(c3ccccn3)CC2)C[C@@H]1O. The van der Waals surface area contributed by atoms with Crippen LogP contribution in [0.1, 0.15) is 47.3 Å². The van der Waals surface area contributed by atoms with Gasteiger partial charge in [-0.25, -0.2) is 0 Å². The highest BCUT2D eigenvalue weighted by Crippen LogP contribution is 2.38. The first-order valence-corrected chi connectivity index (χ1v) is 11.9. The van der Waals surface area contributed by atoms with Crippen molar-refractivity contribution in [1.29, 1.82) is 0 Å². The van der Waals surface area contributed by atoms with Crippen molar-refractivity contribution in [3.8, 4) is 0 Å². The lowest BCUT2D eigenvalue weighted by molar-refractivity contribution is -0.137. The maximum Gasteiger partial charge on any atom is 0.416 e. The average molecular weight is 507 g/mol. The molecule has 0 unspecified atom stereocenters. The first-order valence-electron chi connectivity index (χ1n) is 11.9. The topological polar surface area (TPSA) is 115 Å². The van der Waals surface area contributed by atoms with Crippen molar-refractivity contribution in [1.82, 2.24) is 20.5 Å². The zero-order valence-corrected chi connectivity index (χ0v) is 19.5. The number of likely N-dealkylation sites (tertiary alicyclic amines) is 1. The number of carbonyl (C=O) groups excluding carboxylic acids is 2. The van der Waals surface area contributed by atoms with Crippen LogP contribution in [0.4, 0.5) is 13.2 Å². The van der Waals surface area contributed by atoms with Crippen molar-refractivity contribution in [2.45, 2.75) is 55.6 Å². The van der Waals surface area contributed by atoms with Crippen LogP contribution in [0.25, 0.3) is 0 Å². The van der Waals surface area contributed by atoms with Gasteiger partial charge in [0.1, 0.15) is 5.60 Å². The highest BCUT2D eigenvalue weighted by Gasteiger charge is 2.41. The van der Waals surface area contributed by atoms with E-state index in [0.29, 0.717) is 44.5 Å². The number of alkyl halides is 3. The van der Waals surface area contributed by atoms with Crippen LogP contribution in [-0.2, 0) is 16.6 Å². The Kier molecular flexibility index (Phi) is 7.62. The first kappa shape index (κ1) is 26.1. The lowest BCUT2D eigenvalue weighted by atomic mass is 9.79. The van der Waals surface area contributed by atoms with E-state index in [1.165, 1.54) is 6.07 Å². The van der Waals surface area contributed by atoms with Crippen LogP contribution < -0.4 is 10.6 Å². The Morgan fingerprint density at radius 2 is 1.86 bits per heavy atom. The summed E-state index contributed by atoms with van der Waals surface area (Å²) in [6.07, 6.45) is -1.20. The van der Waals surface area contributed by atoms with Crippen LogP contribution in [0.2, 0.25) is 0 Å². The van der Waals surface area contributed by atoms with Crippen molar-refractivity contribution >= 4 is 11.8 Å². The van der Waals surface area contributed by atoms with Gasteiger partial charge in [-0.15, -0.1) is 0 Å². The molecule has 0 radical (unpaired) electrons. The molecule has 194 valence electrons. The molecule has 2 amide bonds. The van der Waals surface area contributed by atoms with Crippen molar-refractivity contribution in [2.75, 3.05) is 19.6 Å². The molecule has 1 saturated heterocycles. The van der Waals surface area contributed by atoms with E-state index < -0.39 is 47.8 Å². The van der Waals surface area contributed by atoms with E-state index in [-0.39, 0.29) is 11.6 Å². The van der Waals surface area contributed by atoms with Crippen LogP contribution in [0.15, 0.2) is 48.7 Å². The zero-order chi connectivity index (χ0) is 25.9. The second-order valence-corrected chi connectivity index (χ2v) is 9.43. The molecule has 8 nitrogen and oxygen atoms in total. The van der Waals surface area contributed by atoms with E-state index in [4.69, 9.17) is 0 Å². The number of aromatic nitrogens is 1. The molecule has 1 aliphatic carbocycles. The first-order chi connectivity index (χ1) is 17.0. The minimum atomic E-state index is -4.58. The molecule has 2 heterocycles. The second-order valence-electron chi connectivity index (χ2n) is 9.43. The van der Waals surface area contributed by atoms with E-state index in [1.54, 1.807) is 12.3 Å². The molecule has 2 aromatic rings. The smallest absolute Gasteiger partial charge is 0.390 e. The molecule has 11 heteroatoms. The summed E-state index contributed by atoms with van der Waals surface area (Å²) in [4.78, 5) is 30.9. The van der Waals surface area contributed by atoms with Gasteiger partial charge in [-0.1, -0.05) is 12.1 Å². The van der Waals surface area contributed by atoms with Gasteiger partial charge in [-0.3, -0.25) is 19.5 Å². The maximum absolute atomic E-state index is 12.9. The molecular weight excluding hydrogens is 477 g/mol. The van der Waals surface area contributed by atoms with E-state index in [2.05, 4.69) is 20.5 Å². The molecular formula is C25H29F3N4O4. The molecule has 1 aromatic carbocycles. The number of rotatable bonds is 6. The fourth-order valence-corrected chi connectivity index (χ4v) is 4.95. The number of nitrogens with one attached hydrogen (secondary N) is 2. The number of hydrogen-bond donors (Lipinski definition) is 4. The molecule has 1 saturated carbocycles. The number of aliphatic hydroxyl groups excluding tert-OH is 1. The number of carbonyl (C=O) groups is 2. The number of halogens is 3. The van der Waals surface area contributed by atoms with Gasteiger partial charge in [-0.05, 0) is 56.0 Å². The molecule has 2 fully saturated rings. The monoisotopic (exact) mass is 506 g/mol. The van der Waals surface area contributed by atoms with Gasteiger partial charge < -0.3 is 20.8 Å². The molecule has 1 aromatic heterocycles. The van der Waals surface area contributed by atoms with E-state index in [0.717, 1.165) is 18.2 Å². The Morgan fingerprint density at radius 3 is 2.53 bits per heavy atom. The van der Waals surface area contributed by atoms with Gasteiger partial charge in [0.05, 0.1) is 29.9 Å². The molecule has 2 aliphatic rings. The summed E-state index contributed by atoms with van der Waals surface area (Å²) in [6, 6.07) is 9.02. The van der Waals surface area contributed by atoms with Crippen LogP contribution in [0.3, 0.4) is 0 Å². The predicted molar refractivity (Wildman–Crippen MR) is 124 cm³/mol. The molecule has 4 N–H and O–H groups in total. The number of aliphatic hydroxyl groups is 2. The number of pyridine rings is 1. The van der Waals surface area contributed by atoms with E-state index in [1.807, 2.05) is 12.1 Å².